The normalized spacial score (nSPS) is 14.0. The zero-order chi connectivity index (χ0) is 25.6. The van der Waals surface area contributed by atoms with Crippen LogP contribution in [0.5, 0.6) is 11.5 Å². The van der Waals surface area contributed by atoms with Gasteiger partial charge in [0.15, 0.2) is 0 Å². The van der Waals surface area contributed by atoms with E-state index < -0.39 is 0 Å². The number of imidazole rings is 1. The fraction of sp³-hybridized carbons (Fsp3) is 0.296. The van der Waals surface area contributed by atoms with Crippen LogP contribution in [0.2, 0.25) is 0 Å². The average molecular weight is 505 g/mol. The van der Waals surface area contributed by atoms with E-state index in [1.165, 1.54) is 12.1 Å². The van der Waals surface area contributed by atoms with Crippen LogP contribution in [0.3, 0.4) is 0 Å². The molecule has 5 rings (SSSR count). The number of amides is 1. The van der Waals surface area contributed by atoms with Gasteiger partial charge in [-0.15, -0.1) is 0 Å². The van der Waals surface area contributed by atoms with Crippen molar-refractivity contribution in [2.24, 2.45) is 7.05 Å². The van der Waals surface area contributed by atoms with Crippen LogP contribution in [0.15, 0.2) is 60.8 Å². The molecule has 0 atom stereocenters. The fourth-order valence-corrected chi connectivity index (χ4v) is 4.17. The maximum Gasteiger partial charge on any atom is 0.270 e. The number of aromatic nitrogens is 3. The number of carbonyl (C=O) groups is 1. The molecule has 0 saturated carbocycles. The fourth-order valence-electron chi connectivity index (χ4n) is 4.17. The third-order valence-electron chi connectivity index (χ3n) is 6.19. The maximum atomic E-state index is 13.2. The van der Waals surface area contributed by atoms with Gasteiger partial charge in [-0.1, -0.05) is 0 Å². The van der Waals surface area contributed by atoms with E-state index in [1.807, 2.05) is 29.8 Å². The Morgan fingerprint density at radius 2 is 1.86 bits per heavy atom. The third kappa shape index (κ3) is 6.22. The number of rotatable bonds is 9. The van der Waals surface area contributed by atoms with Crippen LogP contribution in [0, 0.1) is 5.82 Å². The number of anilines is 2. The molecule has 2 aromatic carbocycles. The summed E-state index contributed by atoms with van der Waals surface area (Å²) in [7, 11) is 1.90. The van der Waals surface area contributed by atoms with Crippen LogP contribution < -0.4 is 15.4 Å². The van der Waals surface area contributed by atoms with Crippen molar-refractivity contribution in [3.8, 4) is 11.5 Å². The first kappa shape index (κ1) is 24.7. The molecule has 3 heterocycles. The molecule has 0 spiro atoms. The van der Waals surface area contributed by atoms with Crippen molar-refractivity contribution < 1.29 is 18.7 Å². The lowest BCUT2D eigenvalue weighted by Crippen LogP contribution is -2.38. The third-order valence-corrected chi connectivity index (χ3v) is 6.19. The molecule has 2 aromatic heterocycles. The van der Waals surface area contributed by atoms with Gasteiger partial charge in [0.1, 0.15) is 23.0 Å². The standard InChI is InChI=1S/C27H29FN6O3/c1-33-25-8-7-21(17-23(25)32-27(33)31-20-5-3-19(28)4-6-20)37-22-9-11-29-24(18-22)26(35)30-10-2-12-34-13-15-36-16-14-34/h3-9,11,17-18H,2,10,12-16H2,1H3,(H,30,35)(H,31,32). The Bertz CT molecular complexity index is 1370. The first-order chi connectivity index (χ1) is 18.0. The lowest BCUT2D eigenvalue weighted by Gasteiger charge is -2.26. The van der Waals surface area contributed by atoms with Crippen LogP contribution in [0.4, 0.5) is 16.0 Å². The molecule has 0 aliphatic carbocycles. The summed E-state index contributed by atoms with van der Waals surface area (Å²) in [5.41, 5.74) is 2.68. The topological polar surface area (TPSA) is 93.5 Å². The Balaban J connectivity index is 1.20. The lowest BCUT2D eigenvalue weighted by molar-refractivity contribution is 0.0374. The molecule has 4 aromatic rings. The molecule has 1 saturated heterocycles. The highest BCUT2D eigenvalue weighted by atomic mass is 19.1. The first-order valence-corrected chi connectivity index (χ1v) is 12.3. The maximum absolute atomic E-state index is 13.2. The lowest BCUT2D eigenvalue weighted by atomic mass is 10.3. The Morgan fingerprint density at radius 3 is 2.68 bits per heavy atom. The quantitative estimate of drug-likeness (QED) is 0.332. The number of fused-ring (bicyclic) bond motifs is 1. The minimum Gasteiger partial charge on any atom is -0.457 e. The van der Waals surface area contributed by atoms with Crippen LogP contribution in [0.1, 0.15) is 16.9 Å². The molecule has 1 amide bonds. The van der Waals surface area contributed by atoms with E-state index in [1.54, 1.807) is 30.5 Å². The highest BCUT2D eigenvalue weighted by Crippen LogP contribution is 2.28. The Kier molecular flexibility index (Phi) is 7.57. The van der Waals surface area contributed by atoms with Crippen molar-refractivity contribution in [3.63, 3.8) is 0 Å². The van der Waals surface area contributed by atoms with Gasteiger partial charge in [-0.3, -0.25) is 14.7 Å². The van der Waals surface area contributed by atoms with E-state index in [4.69, 9.17) is 9.47 Å². The van der Waals surface area contributed by atoms with Crippen molar-refractivity contribution >= 4 is 28.6 Å². The second-order valence-corrected chi connectivity index (χ2v) is 8.82. The number of nitrogens with one attached hydrogen (secondary N) is 2. The van der Waals surface area contributed by atoms with Gasteiger partial charge in [0.25, 0.3) is 5.91 Å². The molecule has 37 heavy (non-hydrogen) atoms. The van der Waals surface area contributed by atoms with Gasteiger partial charge < -0.3 is 24.7 Å². The summed E-state index contributed by atoms with van der Waals surface area (Å²) in [6.45, 7) is 4.91. The second-order valence-electron chi connectivity index (χ2n) is 8.82. The molecule has 10 heteroatoms. The predicted octanol–water partition coefficient (Wildman–Crippen LogP) is 4.10. The van der Waals surface area contributed by atoms with Crippen molar-refractivity contribution in [2.75, 3.05) is 44.7 Å². The number of hydrogen-bond acceptors (Lipinski definition) is 7. The monoisotopic (exact) mass is 504 g/mol. The van der Waals surface area contributed by atoms with E-state index in [2.05, 4.69) is 25.5 Å². The zero-order valence-corrected chi connectivity index (χ0v) is 20.6. The number of halogens is 1. The summed E-state index contributed by atoms with van der Waals surface area (Å²) >= 11 is 0. The molecule has 1 fully saturated rings. The summed E-state index contributed by atoms with van der Waals surface area (Å²) in [4.78, 5) is 23.8. The van der Waals surface area contributed by atoms with Crippen molar-refractivity contribution in [1.29, 1.82) is 0 Å². The molecule has 2 N–H and O–H groups in total. The number of aryl methyl sites for hydroxylation is 1. The van der Waals surface area contributed by atoms with E-state index in [9.17, 15) is 9.18 Å². The highest BCUT2D eigenvalue weighted by molar-refractivity contribution is 5.92. The Morgan fingerprint density at radius 1 is 1.08 bits per heavy atom. The zero-order valence-electron chi connectivity index (χ0n) is 20.6. The average Bonchev–Trinajstić information content (AvgIpc) is 3.22. The van der Waals surface area contributed by atoms with Gasteiger partial charge >= 0.3 is 0 Å². The number of benzene rings is 2. The first-order valence-electron chi connectivity index (χ1n) is 12.3. The Hall–Kier alpha value is -4.02. The molecule has 1 aliphatic rings. The second kappa shape index (κ2) is 11.4. The summed E-state index contributed by atoms with van der Waals surface area (Å²) < 4.78 is 26.5. The van der Waals surface area contributed by atoms with Gasteiger partial charge in [-0.25, -0.2) is 9.37 Å². The molecule has 192 valence electrons. The number of morpholine rings is 1. The minimum atomic E-state index is -0.294. The largest absolute Gasteiger partial charge is 0.457 e. The van der Waals surface area contributed by atoms with E-state index in [0.717, 1.165) is 56.0 Å². The summed E-state index contributed by atoms with van der Waals surface area (Å²) in [5.74, 6) is 1.19. The number of nitrogens with zero attached hydrogens (tertiary/aromatic N) is 4. The predicted molar refractivity (Wildman–Crippen MR) is 139 cm³/mol. The van der Waals surface area contributed by atoms with Crippen molar-refractivity contribution in [3.05, 3.63) is 72.3 Å². The minimum absolute atomic E-state index is 0.232. The summed E-state index contributed by atoms with van der Waals surface area (Å²) in [6.07, 6.45) is 2.42. The highest BCUT2D eigenvalue weighted by Gasteiger charge is 2.13. The molecule has 9 nitrogen and oxygen atoms in total. The van der Waals surface area contributed by atoms with E-state index in [-0.39, 0.29) is 11.7 Å². The SMILES string of the molecule is Cn1c(Nc2ccc(F)cc2)nc2cc(Oc3ccnc(C(=O)NCCCN4CCOCC4)c3)ccc21. The van der Waals surface area contributed by atoms with Crippen LogP contribution >= 0.6 is 0 Å². The Labute approximate surface area is 214 Å². The van der Waals surface area contributed by atoms with Gasteiger partial charge in [0.2, 0.25) is 5.95 Å². The van der Waals surface area contributed by atoms with Gasteiger partial charge in [-0.05, 0) is 55.4 Å². The molecule has 0 unspecified atom stereocenters. The molecule has 0 radical (unpaired) electrons. The number of ether oxygens (including phenoxy) is 2. The summed E-state index contributed by atoms with van der Waals surface area (Å²) in [6, 6.07) is 15.0. The van der Waals surface area contributed by atoms with Crippen LogP contribution in [-0.4, -0.2) is 64.7 Å². The summed E-state index contributed by atoms with van der Waals surface area (Å²) in [5, 5.41) is 6.13. The van der Waals surface area contributed by atoms with Crippen molar-refractivity contribution in [1.82, 2.24) is 24.8 Å². The van der Waals surface area contributed by atoms with Crippen LogP contribution in [0.25, 0.3) is 11.0 Å². The van der Waals surface area contributed by atoms with Gasteiger partial charge in [0, 0.05) is 50.7 Å². The molecular weight excluding hydrogens is 475 g/mol. The molecule has 0 bridgehead atoms. The van der Waals surface area contributed by atoms with Crippen molar-refractivity contribution in [2.45, 2.75) is 6.42 Å². The molecule has 1 aliphatic heterocycles. The number of carbonyl (C=O) groups excluding carboxylic acids is 1. The van der Waals surface area contributed by atoms with E-state index in [0.29, 0.717) is 29.7 Å². The smallest absolute Gasteiger partial charge is 0.270 e. The number of hydrogen-bond donors (Lipinski definition) is 2. The van der Waals surface area contributed by atoms with Gasteiger partial charge in [-0.2, -0.15) is 0 Å². The van der Waals surface area contributed by atoms with E-state index >= 15 is 0 Å². The molecular formula is C27H29FN6O3. The number of pyridine rings is 1. The van der Waals surface area contributed by atoms with Crippen LogP contribution in [-0.2, 0) is 11.8 Å². The van der Waals surface area contributed by atoms with Gasteiger partial charge in [0.05, 0.1) is 24.2 Å².